The molecule has 3 rings (SSSR count). The summed E-state index contributed by atoms with van der Waals surface area (Å²) in [5, 5.41) is 0. The molecule has 0 amide bonds. The lowest BCUT2D eigenvalue weighted by molar-refractivity contribution is 0.247. The summed E-state index contributed by atoms with van der Waals surface area (Å²) in [6.45, 7) is 8.04. The Kier molecular flexibility index (Phi) is 3.57. The molecule has 0 bridgehead atoms. The van der Waals surface area contributed by atoms with Crippen molar-refractivity contribution in [1.82, 2.24) is 9.88 Å². The molecule has 2 fully saturated rings. The molecule has 1 aromatic heterocycles. The largest absolute Gasteiger partial charge is 0.354 e. The van der Waals surface area contributed by atoms with Gasteiger partial charge < -0.3 is 4.90 Å². The number of aryl methyl sites for hydroxylation is 1. The maximum Gasteiger partial charge on any atom is 0.128 e. The van der Waals surface area contributed by atoms with Crippen LogP contribution in [0.15, 0.2) is 16.7 Å². The Morgan fingerprint density at radius 2 is 2.00 bits per heavy atom. The number of rotatable bonds is 3. The van der Waals surface area contributed by atoms with Crippen LogP contribution < -0.4 is 4.90 Å². The third-order valence-corrected chi connectivity index (χ3v) is 4.77. The highest BCUT2D eigenvalue weighted by molar-refractivity contribution is 9.10. The van der Waals surface area contributed by atoms with Gasteiger partial charge in [-0.2, -0.15) is 0 Å². The topological polar surface area (TPSA) is 19.4 Å². The Labute approximate surface area is 117 Å². The summed E-state index contributed by atoms with van der Waals surface area (Å²) in [6.07, 6.45) is 4.82. The minimum atomic E-state index is 1.00. The molecule has 0 N–H and O–H groups in total. The number of aromatic nitrogens is 1. The van der Waals surface area contributed by atoms with E-state index in [9.17, 15) is 0 Å². The van der Waals surface area contributed by atoms with Gasteiger partial charge in [0.25, 0.3) is 0 Å². The summed E-state index contributed by atoms with van der Waals surface area (Å²) in [4.78, 5) is 9.54. The Morgan fingerprint density at radius 1 is 1.28 bits per heavy atom. The molecule has 18 heavy (non-hydrogen) atoms. The van der Waals surface area contributed by atoms with Gasteiger partial charge in [0.05, 0.1) is 0 Å². The zero-order chi connectivity index (χ0) is 12.5. The summed E-state index contributed by atoms with van der Waals surface area (Å²) in [6, 6.07) is 2.18. The molecule has 0 atom stereocenters. The maximum absolute atomic E-state index is 4.52. The van der Waals surface area contributed by atoms with Crippen molar-refractivity contribution in [3.05, 3.63) is 22.3 Å². The molecule has 0 aromatic carbocycles. The number of halogens is 1. The molecular weight excluding hydrogens is 290 g/mol. The number of piperazine rings is 1. The lowest BCUT2D eigenvalue weighted by Crippen LogP contribution is -2.47. The molecule has 0 radical (unpaired) electrons. The first-order valence-electron chi connectivity index (χ1n) is 6.82. The first-order valence-corrected chi connectivity index (χ1v) is 7.61. The minimum Gasteiger partial charge on any atom is -0.354 e. The molecule has 2 heterocycles. The standard InChI is InChI=1S/C14H20BrN3/c1-11-8-14(16-9-13(11)15)18-6-4-17(5-7-18)10-12-2-3-12/h8-9,12H,2-7,10H2,1H3. The lowest BCUT2D eigenvalue weighted by Gasteiger charge is -2.35. The van der Waals surface area contributed by atoms with E-state index in [0.29, 0.717) is 0 Å². The molecule has 1 aromatic rings. The third kappa shape index (κ3) is 2.86. The molecule has 1 aliphatic carbocycles. The van der Waals surface area contributed by atoms with Crippen LogP contribution in [0.4, 0.5) is 5.82 Å². The van der Waals surface area contributed by atoms with Crippen LogP contribution in [0.1, 0.15) is 18.4 Å². The Balaban J connectivity index is 1.59. The van der Waals surface area contributed by atoms with Crippen molar-refractivity contribution in [3.8, 4) is 0 Å². The highest BCUT2D eigenvalue weighted by Gasteiger charge is 2.26. The van der Waals surface area contributed by atoms with Crippen LogP contribution in [-0.2, 0) is 0 Å². The molecule has 1 saturated heterocycles. The molecule has 4 heteroatoms. The molecule has 2 aliphatic rings. The molecule has 0 spiro atoms. The highest BCUT2D eigenvalue weighted by Crippen LogP contribution is 2.30. The van der Waals surface area contributed by atoms with Gasteiger partial charge in [0.2, 0.25) is 0 Å². The Hall–Kier alpha value is -0.610. The van der Waals surface area contributed by atoms with Crippen molar-refractivity contribution < 1.29 is 0 Å². The quantitative estimate of drug-likeness (QED) is 0.856. The van der Waals surface area contributed by atoms with E-state index in [0.717, 1.165) is 29.3 Å². The molecule has 1 aliphatic heterocycles. The molecule has 1 saturated carbocycles. The SMILES string of the molecule is Cc1cc(N2CCN(CC3CC3)CC2)ncc1Br. The van der Waals surface area contributed by atoms with Gasteiger partial charge in [0, 0.05) is 43.4 Å². The van der Waals surface area contributed by atoms with Gasteiger partial charge in [-0.1, -0.05) is 0 Å². The average Bonchev–Trinajstić information content (AvgIpc) is 3.18. The van der Waals surface area contributed by atoms with Gasteiger partial charge >= 0.3 is 0 Å². The van der Waals surface area contributed by atoms with Gasteiger partial charge in [-0.15, -0.1) is 0 Å². The van der Waals surface area contributed by atoms with E-state index in [1.807, 2.05) is 6.20 Å². The molecule has 98 valence electrons. The number of nitrogens with zero attached hydrogens (tertiary/aromatic N) is 3. The van der Waals surface area contributed by atoms with Crippen molar-refractivity contribution in [3.63, 3.8) is 0 Å². The second-order valence-corrected chi connectivity index (χ2v) is 6.38. The van der Waals surface area contributed by atoms with Crippen molar-refractivity contribution in [2.75, 3.05) is 37.6 Å². The fourth-order valence-corrected chi connectivity index (χ4v) is 2.74. The number of hydrogen-bond acceptors (Lipinski definition) is 3. The fraction of sp³-hybridized carbons (Fsp3) is 0.643. The van der Waals surface area contributed by atoms with Crippen molar-refractivity contribution in [2.24, 2.45) is 5.92 Å². The second-order valence-electron chi connectivity index (χ2n) is 5.52. The smallest absolute Gasteiger partial charge is 0.128 e. The first-order chi connectivity index (χ1) is 8.72. The maximum atomic E-state index is 4.52. The summed E-state index contributed by atoms with van der Waals surface area (Å²) in [7, 11) is 0. The molecular formula is C14H20BrN3. The number of anilines is 1. The minimum absolute atomic E-state index is 1.00. The highest BCUT2D eigenvalue weighted by atomic mass is 79.9. The zero-order valence-corrected chi connectivity index (χ0v) is 12.5. The van der Waals surface area contributed by atoms with Crippen LogP contribution in [0.5, 0.6) is 0 Å². The van der Waals surface area contributed by atoms with E-state index >= 15 is 0 Å². The monoisotopic (exact) mass is 309 g/mol. The van der Waals surface area contributed by atoms with Gasteiger partial charge in [0.1, 0.15) is 5.82 Å². The normalized spacial score (nSPS) is 21.3. The predicted molar refractivity (Wildman–Crippen MR) is 78.1 cm³/mol. The Morgan fingerprint density at radius 3 is 2.61 bits per heavy atom. The van der Waals surface area contributed by atoms with E-state index in [1.54, 1.807) is 0 Å². The summed E-state index contributed by atoms with van der Waals surface area (Å²) < 4.78 is 1.10. The number of hydrogen-bond donors (Lipinski definition) is 0. The van der Waals surface area contributed by atoms with Gasteiger partial charge in [0.15, 0.2) is 0 Å². The summed E-state index contributed by atoms with van der Waals surface area (Å²) in [5.41, 5.74) is 1.26. The van der Waals surface area contributed by atoms with Crippen LogP contribution in [0, 0.1) is 12.8 Å². The third-order valence-electron chi connectivity index (χ3n) is 3.94. The van der Waals surface area contributed by atoms with E-state index in [2.05, 4.69) is 43.7 Å². The summed E-state index contributed by atoms with van der Waals surface area (Å²) in [5.74, 6) is 2.13. The van der Waals surface area contributed by atoms with Gasteiger partial charge in [-0.3, -0.25) is 4.90 Å². The average molecular weight is 310 g/mol. The van der Waals surface area contributed by atoms with Crippen molar-refractivity contribution in [1.29, 1.82) is 0 Å². The molecule has 0 unspecified atom stereocenters. The summed E-state index contributed by atoms with van der Waals surface area (Å²) >= 11 is 3.51. The van der Waals surface area contributed by atoms with Crippen LogP contribution in [-0.4, -0.2) is 42.6 Å². The van der Waals surface area contributed by atoms with Crippen molar-refractivity contribution >= 4 is 21.7 Å². The van der Waals surface area contributed by atoms with Gasteiger partial charge in [-0.05, 0) is 53.2 Å². The van der Waals surface area contributed by atoms with Crippen molar-refractivity contribution in [2.45, 2.75) is 19.8 Å². The van der Waals surface area contributed by atoms with Crippen LogP contribution in [0.3, 0.4) is 0 Å². The zero-order valence-electron chi connectivity index (χ0n) is 10.9. The van der Waals surface area contributed by atoms with Crippen LogP contribution in [0.2, 0.25) is 0 Å². The Bertz CT molecular complexity index is 423. The predicted octanol–water partition coefficient (Wildman–Crippen LogP) is 2.68. The second kappa shape index (κ2) is 5.17. The van der Waals surface area contributed by atoms with E-state index in [4.69, 9.17) is 0 Å². The lowest BCUT2D eigenvalue weighted by atomic mass is 10.2. The number of pyridine rings is 1. The fourth-order valence-electron chi connectivity index (χ4n) is 2.52. The van der Waals surface area contributed by atoms with Gasteiger partial charge in [-0.25, -0.2) is 4.98 Å². The van der Waals surface area contributed by atoms with Crippen LogP contribution in [0.25, 0.3) is 0 Å². The first kappa shape index (κ1) is 12.4. The van der Waals surface area contributed by atoms with Crippen LogP contribution >= 0.6 is 15.9 Å². The van der Waals surface area contributed by atoms with E-state index in [-0.39, 0.29) is 0 Å². The molecule has 3 nitrogen and oxygen atoms in total. The van der Waals surface area contributed by atoms with E-state index < -0.39 is 0 Å². The van der Waals surface area contributed by atoms with E-state index in [1.165, 1.54) is 38.0 Å².